The lowest BCUT2D eigenvalue weighted by Gasteiger charge is -2.26. The average molecular weight is 600 g/mol. The number of halogens is 1. The van der Waals surface area contributed by atoms with Gasteiger partial charge in [0.25, 0.3) is 11.7 Å². The Kier molecular flexibility index (Phi) is 6.59. The highest BCUT2D eigenvalue weighted by Gasteiger charge is 2.48. The van der Waals surface area contributed by atoms with E-state index >= 15 is 0 Å². The van der Waals surface area contributed by atoms with Crippen molar-refractivity contribution in [1.29, 1.82) is 0 Å². The lowest BCUT2D eigenvalue weighted by Crippen LogP contribution is -2.32. The van der Waals surface area contributed by atoms with E-state index in [0.29, 0.717) is 16.5 Å². The van der Waals surface area contributed by atoms with Crippen LogP contribution in [0.5, 0.6) is 17.2 Å². The summed E-state index contributed by atoms with van der Waals surface area (Å²) in [6.07, 6.45) is 0.886. The van der Waals surface area contributed by atoms with Crippen molar-refractivity contribution < 1.29 is 25.2 Å². The number of hydrogen-bond donors (Lipinski definition) is 3. The van der Waals surface area contributed by atoms with E-state index in [1.165, 1.54) is 36.4 Å². The molecule has 2 atom stereocenters. The molecule has 2 aliphatic rings. The Morgan fingerprint density at radius 1 is 0.929 bits per heavy atom. The van der Waals surface area contributed by atoms with Gasteiger partial charge in [0.2, 0.25) is 0 Å². The number of para-hydroxylation sites is 1. The van der Waals surface area contributed by atoms with E-state index in [-0.39, 0.29) is 61.4 Å². The third-order valence-electron chi connectivity index (χ3n) is 7.73. The Morgan fingerprint density at radius 3 is 2.36 bits per heavy atom. The van der Waals surface area contributed by atoms with Gasteiger partial charge in [-0.2, -0.15) is 0 Å². The van der Waals surface area contributed by atoms with E-state index in [1.807, 2.05) is 12.1 Å². The van der Waals surface area contributed by atoms with Crippen LogP contribution in [0.15, 0.2) is 94.5 Å². The lowest BCUT2D eigenvalue weighted by molar-refractivity contribution is -0.507. The molecule has 0 aromatic heterocycles. The molecule has 0 fully saturated rings. The number of phenols is 3. The van der Waals surface area contributed by atoms with Gasteiger partial charge in [0.1, 0.15) is 22.8 Å². The van der Waals surface area contributed by atoms with Crippen molar-refractivity contribution in [3.8, 4) is 17.2 Å². The van der Waals surface area contributed by atoms with Gasteiger partial charge in [-0.1, -0.05) is 72.8 Å². The molecule has 0 heterocycles. The molecule has 3 N–H and O–H groups in total. The van der Waals surface area contributed by atoms with Crippen LogP contribution in [0.1, 0.15) is 34.6 Å². The molecule has 4 aromatic rings. The second-order valence-corrected chi connectivity index (χ2v) is 11.0. The van der Waals surface area contributed by atoms with Gasteiger partial charge >= 0.3 is 0 Å². The molecule has 0 saturated heterocycles. The zero-order valence-corrected chi connectivity index (χ0v) is 23.1. The van der Waals surface area contributed by atoms with Crippen molar-refractivity contribution >= 4 is 46.7 Å². The van der Waals surface area contributed by atoms with Crippen LogP contribution < -0.4 is 0 Å². The summed E-state index contributed by atoms with van der Waals surface area (Å²) in [5.41, 5.74) is 0.576. The molecule has 0 saturated carbocycles. The molecule has 0 spiro atoms. The molecule has 2 bridgehead atoms. The van der Waals surface area contributed by atoms with Gasteiger partial charge in [-0.05, 0) is 46.7 Å². The maximum Gasteiger partial charge on any atom is 0.294 e. The molecule has 42 heavy (non-hydrogen) atoms. The first kappa shape index (κ1) is 27.3. The summed E-state index contributed by atoms with van der Waals surface area (Å²) in [5, 5.41) is 59.7. The van der Waals surface area contributed by atoms with Gasteiger partial charge in [-0.15, -0.1) is 0 Å². The predicted octanol–water partition coefficient (Wildman–Crippen LogP) is 7.33. The molecule has 1 radical (unpaired) electrons. The topological polar surface area (TPSA) is 147 Å². The summed E-state index contributed by atoms with van der Waals surface area (Å²) in [7, 11) is 0. The zero-order valence-electron chi connectivity index (χ0n) is 21.5. The van der Waals surface area contributed by atoms with Crippen LogP contribution in [0.2, 0.25) is 5.02 Å². The highest BCUT2D eigenvalue weighted by atomic mass is 35.5. The fraction of sp³-hybridized carbons (Fsp3) is 0.0968. The fourth-order valence-electron chi connectivity index (χ4n) is 6.05. The Hall–Kier alpha value is -4.93. The van der Waals surface area contributed by atoms with Gasteiger partial charge in [0.05, 0.1) is 9.83 Å². The van der Waals surface area contributed by atoms with Crippen LogP contribution in [-0.2, 0) is 0 Å². The normalized spacial score (nSPS) is 20.8. The van der Waals surface area contributed by atoms with Crippen LogP contribution in [0.3, 0.4) is 0 Å². The molecule has 9 nitrogen and oxygen atoms in total. The molecule has 209 valence electrons. The second kappa shape index (κ2) is 10.2. The summed E-state index contributed by atoms with van der Waals surface area (Å²) in [6.45, 7) is 0. The molecule has 2 aliphatic carbocycles. The molecular weight excluding hydrogens is 580 g/mol. The smallest absolute Gasteiger partial charge is 0.294 e. The maximum atomic E-state index is 12.8. The number of rotatable bonds is 4. The molecule has 6 rings (SSSR count). The Balaban J connectivity index is 1.72. The van der Waals surface area contributed by atoms with Gasteiger partial charge in [0.15, 0.2) is 0 Å². The van der Waals surface area contributed by atoms with Crippen molar-refractivity contribution in [2.45, 2.75) is 18.4 Å². The first-order valence-electron chi connectivity index (χ1n) is 12.7. The number of hydrogen-bond acceptors (Lipinski definition) is 7. The van der Waals surface area contributed by atoms with Crippen molar-refractivity contribution in [2.24, 2.45) is 0 Å². The summed E-state index contributed by atoms with van der Waals surface area (Å²) in [6, 6.07) is 17.7. The third-order valence-corrected chi connectivity index (χ3v) is 8.29. The van der Waals surface area contributed by atoms with E-state index in [1.54, 1.807) is 30.3 Å². The number of nitrogens with zero attached hydrogens (tertiary/aromatic N) is 2. The van der Waals surface area contributed by atoms with Gasteiger partial charge in [-0.25, -0.2) is 0 Å². The highest BCUT2D eigenvalue weighted by Crippen LogP contribution is 2.58. The van der Waals surface area contributed by atoms with Crippen LogP contribution >= 0.6 is 24.2 Å². The number of phenolic OH excluding ortho intramolecular Hbond substituents is 3. The maximum absolute atomic E-state index is 12.8. The van der Waals surface area contributed by atoms with Crippen LogP contribution in [0.25, 0.3) is 22.4 Å². The SMILES string of the molecule is O=[N+]([O-])C1=C([S])CC(=C2c3cc(Cl)cc(c3O)C2c2c(O)ccc3ccccc23)C([N+](=O)[O-])C1=Cc1ccccc1O. The Bertz CT molecular complexity index is 1950. The monoisotopic (exact) mass is 599 g/mol. The van der Waals surface area contributed by atoms with Crippen molar-refractivity contribution in [3.63, 3.8) is 0 Å². The third kappa shape index (κ3) is 4.23. The molecular formula is C31H20ClN2O7S. The molecule has 2 unspecified atom stereocenters. The van der Waals surface area contributed by atoms with Gasteiger partial charge in [-0.3, -0.25) is 20.2 Å². The summed E-state index contributed by atoms with van der Waals surface area (Å²) in [4.78, 5) is 23.5. The predicted molar refractivity (Wildman–Crippen MR) is 161 cm³/mol. The van der Waals surface area contributed by atoms with E-state index in [9.17, 15) is 35.5 Å². The largest absolute Gasteiger partial charge is 0.508 e. The Labute approximate surface area is 249 Å². The quantitative estimate of drug-likeness (QED) is 0.164. The first-order valence-corrected chi connectivity index (χ1v) is 13.5. The fourth-order valence-corrected chi connectivity index (χ4v) is 6.62. The molecule has 4 aromatic carbocycles. The minimum atomic E-state index is -1.77. The van der Waals surface area contributed by atoms with Gasteiger partial charge < -0.3 is 15.3 Å². The number of nitro groups is 2. The number of benzene rings is 4. The number of aromatic hydroxyl groups is 3. The highest BCUT2D eigenvalue weighted by molar-refractivity contribution is 7.84. The number of fused-ring (bicyclic) bond motifs is 3. The first-order chi connectivity index (χ1) is 20.1. The minimum absolute atomic E-state index is 0.103. The summed E-state index contributed by atoms with van der Waals surface area (Å²) in [5.74, 6) is -1.39. The average Bonchev–Trinajstić information content (AvgIpc) is 3.08. The van der Waals surface area contributed by atoms with E-state index in [2.05, 4.69) is 0 Å². The number of allylic oxidation sites excluding steroid dienone is 2. The Morgan fingerprint density at radius 2 is 1.64 bits per heavy atom. The van der Waals surface area contributed by atoms with Crippen LogP contribution in [0.4, 0.5) is 0 Å². The lowest BCUT2D eigenvalue weighted by atomic mass is 9.77. The van der Waals surface area contributed by atoms with Crippen molar-refractivity contribution in [1.82, 2.24) is 0 Å². The van der Waals surface area contributed by atoms with E-state index < -0.39 is 27.5 Å². The van der Waals surface area contributed by atoms with Crippen LogP contribution in [-0.4, -0.2) is 31.2 Å². The van der Waals surface area contributed by atoms with E-state index in [4.69, 9.17) is 24.2 Å². The minimum Gasteiger partial charge on any atom is -0.508 e. The van der Waals surface area contributed by atoms with Gasteiger partial charge in [0, 0.05) is 50.1 Å². The standard InChI is InChI=1S/C31H20ClN2O7S/c32-17-12-20-26(28(21(13-17)31(20)37)27-18-7-3-1-5-15(18)9-10-24(27)36)19-14-25(42)30(34(40)41)22(29(19)33(38)39)11-16-6-2-4-8-23(16)35/h1-13,28-29,35-37H,14H2. The van der Waals surface area contributed by atoms with Crippen molar-refractivity contribution in [3.05, 3.63) is 142 Å². The van der Waals surface area contributed by atoms with Crippen molar-refractivity contribution in [2.75, 3.05) is 0 Å². The van der Waals surface area contributed by atoms with E-state index in [0.717, 1.165) is 5.39 Å². The summed E-state index contributed by atoms with van der Waals surface area (Å²) < 4.78 is 0. The zero-order chi connectivity index (χ0) is 29.9. The molecule has 0 aliphatic heterocycles. The van der Waals surface area contributed by atoms with Crippen LogP contribution in [0, 0.1) is 20.2 Å². The molecule has 0 amide bonds. The molecule has 11 heteroatoms. The second-order valence-electron chi connectivity index (χ2n) is 10.0. The summed E-state index contributed by atoms with van der Waals surface area (Å²) >= 11 is 11.9.